The van der Waals surface area contributed by atoms with Gasteiger partial charge in [-0.15, -0.1) is 0 Å². The highest BCUT2D eigenvalue weighted by Crippen LogP contribution is 2.41. The molecular weight excluding hydrogens is 466 g/mol. The van der Waals surface area contributed by atoms with Gasteiger partial charge in [-0.3, -0.25) is 14.5 Å². The second-order valence-corrected chi connectivity index (χ2v) is 8.21. The average Bonchev–Trinajstić information content (AvgIpc) is 2.85. The van der Waals surface area contributed by atoms with Crippen LogP contribution in [-0.4, -0.2) is 61.6 Å². The van der Waals surface area contributed by atoms with E-state index >= 15 is 0 Å². The molecule has 1 aliphatic rings. The maximum atomic E-state index is 13.0. The van der Waals surface area contributed by atoms with Crippen LogP contribution in [0.3, 0.4) is 0 Å². The summed E-state index contributed by atoms with van der Waals surface area (Å²) in [5, 5.41) is 0.907. The topological polar surface area (TPSA) is 108 Å². The number of imide groups is 1. The van der Waals surface area contributed by atoms with Crippen molar-refractivity contribution < 1.29 is 38.1 Å². The highest BCUT2D eigenvalue weighted by Gasteiger charge is 2.33. The first-order chi connectivity index (χ1) is 17.2. The van der Waals surface area contributed by atoms with Crippen molar-refractivity contribution in [3.63, 3.8) is 0 Å². The van der Waals surface area contributed by atoms with Gasteiger partial charge in [0.2, 0.25) is 0 Å². The van der Waals surface area contributed by atoms with Crippen LogP contribution in [0, 0.1) is 0 Å². The van der Waals surface area contributed by atoms with Gasteiger partial charge in [-0.2, -0.15) is 0 Å². The van der Waals surface area contributed by atoms with Crippen LogP contribution < -0.4 is 9.47 Å². The number of rotatable bonds is 12. The highest BCUT2D eigenvalue weighted by atomic mass is 16.6. The number of carbonyl (C=O) groups excluding carboxylic acids is 4. The SMILES string of the molecule is C=C(C)C(=O)OCCCOc1ccc2c3c(ccc(OCCOC(=O)C(=C)C)c13)C(=O)N(CC)C2=O. The van der Waals surface area contributed by atoms with Gasteiger partial charge in [-0.05, 0) is 45.0 Å². The molecule has 190 valence electrons. The van der Waals surface area contributed by atoms with Crippen molar-refractivity contribution >= 4 is 34.5 Å². The molecule has 0 saturated heterocycles. The molecular formula is C27H29NO8. The quantitative estimate of drug-likeness (QED) is 0.189. The zero-order valence-electron chi connectivity index (χ0n) is 20.7. The number of ether oxygens (including phenoxy) is 4. The molecule has 0 saturated carbocycles. The molecule has 0 bridgehead atoms. The Bertz CT molecular complexity index is 1220. The van der Waals surface area contributed by atoms with Crippen LogP contribution in [0.25, 0.3) is 10.8 Å². The van der Waals surface area contributed by atoms with Crippen molar-refractivity contribution in [1.29, 1.82) is 0 Å². The van der Waals surface area contributed by atoms with E-state index in [0.717, 1.165) is 0 Å². The zero-order valence-corrected chi connectivity index (χ0v) is 20.7. The molecule has 0 fully saturated rings. The lowest BCUT2D eigenvalue weighted by molar-refractivity contribution is -0.140. The van der Waals surface area contributed by atoms with Crippen molar-refractivity contribution in [2.75, 3.05) is 33.0 Å². The fraction of sp³-hybridized carbons (Fsp3) is 0.333. The lowest BCUT2D eigenvalue weighted by atomic mass is 9.93. The summed E-state index contributed by atoms with van der Waals surface area (Å²) in [5.41, 5.74) is 1.32. The summed E-state index contributed by atoms with van der Waals surface area (Å²) in [5.74, 6) is -1.02. The van der Waals surface area contributed by atoms with Crippen molar-refractivity contribution in [2.24, 2.45) is 0 Å². The molecule has 1 aliphatic heterocycles. The molecule has 0 spiro atoms. The molecule has 0 N–H and O–H groups in total. The van der Waals surface area contributed by atoms with Crippen LogP contribution >= 0.6 is 0 Å². The molecule has 0 unspecified atom stereocenters. The van der Waals surface area contributed by atoms with Crippen LogP contribution in [0.4, 0.5) is 0 Å². The monoisotopic (exact) mass is 495 g/mol. The number of hydrogen-bond acceptors (Lipinski definition) is 8. The molecule has 0 radical (unpaired) electrons. The smallest absolute Gasteiger partial charge is 0.333 e. The second kappa shape index (κ2) is 11.5. The van der Waals surface area contributed by atoms with Crippen molar-refractivity contribution in [1.82, 2.24) is 4.90 Å². The summed E-state index contributed by atoms with van der Waals surface area (Å²) < 4.78 is 22.0. The minimum atomic E-state index is -0.525. The Kier molecular flexibility index (Phi) is 8.47. The number of nitrogens with zero attached hydrogens (tertiary/aromatic N) is 1. The third-order valence-corrected chi connectivity index (χ3v) is 5.40. The van der Waals surface area contributed by atoms with Crippen LogP contribution in [0.15, 0.2) is 48.6 Å². The van der Waals surface area contributed by atoms with Gasteiger partial charge in [-0.1, -0.05) is 13.2 Å². The van der Waals surface area contributed by atoms with Gasteiger partial charge in [0.25, 0.3) is 11.8 Å². The molecule has 0 aliphatic carbocycles. The Labute approximate surface area is 209 Å². The molecule has 36 heavy (non-hydrogen) atoms. The molecule has 2 amide bonds. The third-order valence-electron chi connectivity index (χ3n) is 5.40. The minimum Gasteiger partial charge on any atom is -0.493 e. The number of hydrogen-bond donors (Lipinski definition) is 0. The van der Waals surface area contributed by atoms with E-state index in [0.29, 0.717) is 45.4 Å². The molecule has 9 nitrogen and oxygen atoms in total. The molecule has 9 heteroatoms. The lowest BCUT2D eigenvalue weighted by Crippen LogP contribution is -2.40. The molecule has 3 rings (SSSR count). The Morgan fingerprint density at radius 2 is 1.25 bits per heavy atom. The second-order valence-electron chi connectivity index (χ2n) is 8.21. The van der Waals surface area contributed by atoms with E-state index in [2.05, 4.69) is 13.2 Å². The van der Waals surface area contributed by atoms with Crippen molar-refractivity contribution in [3.05, 3.63) is 59.7 Å². The summed E-state index contributed by atoms with van der Waals surface area (Å²) in [6.07, 6.45) is 0.413. The molecule has 0 aromatic heterocycles. The number of benzene rings is 2. The maximum absolute atomic E-state index is 13.0. The summed E-state index contributed by atoms with van der Waals surface area (Å²) >= 11 is 0. The van der Waals surface area contributed by atoms with E-state index in [-0.39, 0.29) is 38.5 Å². The van der Waals surface area contributed by atoms with E-state index in [9.17, 15) is 19.2 Å². The number of esters is 2. The summed E-state index contributed by atoms with van der Waals surface area (Å²) in [6, 6.07) is 6.51. The van der Waals surface area contributed by atoms with E-state index in [1.165, 1.54) is 4.90 Å². The third kappa shape index (κ3) is 5.56. The first-order valence-corrected chi connectivity index (χ1v) is 11.5. The zero-order chi connectivity index (χ0) is 26.4. The molecule has 0 atom stereocenters. The van der Waals surface area contributed by atoms with E-state index in [1.54, 1.807) is 45.0 Å². The summed E-state index contributed by atoms with van der Waals surface area (Å²) in [7, 11) is 0. The average molecular weight is 496 g/mol. The van der Waals surface area contributed by atoms with Crippen LogP contribution in [0.5, 0.6) is 11.5 Å². The minimum absolute atomic E-state index is 0.0135. The van der Waals surface area contributed by atoms with E-state index in [1.807, 2.05) is 0 Å². The Morgan fingerprint density at radius 1 is 0.750 bits per heavy atom. The summed E-state index contributed by atoms with van der Waals surface area (Å²) in [6.45, 7) is 12.5. The fourth-order valence-electron chi connectivity index (χ4n) is 3.64. The van der Waals surface area contributed by atoms with Crippen molar-refractivity contribution in [2.45, 2.75) is 27.2 Å². The fourth-order valence-corrected chi connectivity index (χ4v) is 3.64. The van der Waals surface area contributed by atoms with Crippen molar-refractivity contribution in [3.8, 4) is 11.5 Å². The van der Waals surface area contributed by atoms with Gasteiger partial charge in [0.15, 0.2) is 0 Å². The molecule has 1 heterocycles. The normalized spacial score (nSPS) is 12.4. The Balaban J connectivity index is 1.88. The van der Waals surface area contributed by atoms with Gasteiger partial charge in [-0.25, -0.2) is 9.59 Å². The van der Waals surface area contributed by atoms with E-state index in [4.69, 9.17) is 18.9 Å². The Morgan fingerprint density at radius 3 is 1.75 bits per heavy atom. The van der Waals surface area contributed by atoms with Crippen LogP contribution in [0.2, 0.25) is 0 Å². The highest BCUT2D eigenvalue weighted by molar-refractivity contribution is 6.26. The first-order valence-electron chi connectivity index (χ1n) is 11.5. The Hall–Kier alpha value is -4.14. The van der Waals surface area contributed by atoms with Gasteiger partial charge < -0.3 is 18.9 Å². The van der Waals surface area contributed by atoms with Gasteiger partial charge in [0.05, 0.1) is 18.6 Å². The number of carbonyl (C=O) groups is 4. The molecule has 2 aromatic rings. The van der Waals surface area contributed by atoms with Crippen LogP contribution in [0.1, 0.15) is 47.9 Å². The number of amides is 2. The first kappa shape index (κ1) is 26.5. The van der Waals surface area contributed by atoms with E-state index < -0.39 is 23.8 Å². The predicted octanol–water partition coefficient (Wildman–Crippen LogP) is 3.84. The van der Waals surface area contributed by atoms with Gasteiger partial charge in [0, 0.05) is 40.6 Å². The molecule has 2 aromatic carbocycles. The lowest BCUT2D eigenvalue weighted by Gasteiger charge is -2.27. The van der Waals surface area contributed by atoms with Crippen LogP contribution in [-0.2, 0) is 19.1 Å². The standard InChI is InChI=1S/C27H29NO8/c1-6-28-24(29)18-8-10-20(33-12-7-13-35-26(31)16(2)3)23-21(11-9-19(22(18)23)25(28)30)34-14-15-36-27(32)17(4)5/h8-11H,2,4,6-7,12-15H2,1,3,5H3. The predicted molar refractivity (Wildman–Crippen MR) is 132 cm³/mol. The maximum Gasteiger partial charge on any atom is 0.333 e. The largest absolute Gasteiger partial charge is 0.493 e. The van der Waals surface area contributed by atoms with Gasteiger partial charge in [0.1, 0.15) is 24.7 Å². The van der Waals surface area contributed by atoms with Gasteiger partial charge >= 0.3 is 11.9 Å². The summed E-state index contributed by atoms with van der Waals surface area (Å²) in [4.78, 5) is 50.3.